The number of halogens is 1. The summed E-state index contributed by atoms with van der Waals surface area (Å²) in [5.41, 5.74) is 0.412. The van der Waals surface area contributed by atoms with E-state index < -0.39 is 0 Å². The number of benzene rings is 1. The van der Waals surface area contributed by atoms with Gasteiger partial charge in [0.05, 0.1) is 0 Å². The molecule has 1 aromatic rings. The highest BCUT2D eigenvalue weighted by atomic mass is 19.1. The van der Waals surface area contributed by atoms with Gasteiger partial charge in [0.15, 0.2) is 0 Å². The third-order valence-electron chi connectivity index (χ3n) is 4.88. The molecular weight excluding hydrogens is 241 g/mol. The smallest absolute Gasteiger partial charge is 0.251 e. The van der Waals surface area contributed by atoms with Gasteiger partial charge in [-0.3, -0.25) is 4.79 Å². The molecule has 2 saturated carbocycles. The molecule has 102 valence electrons. The Balaban J connectivity index is 1.63. The summed E-state index contributed by atoms with van der Waals surface area (Å²) < 4.78 is 13.1. The number of hydrogen-bond donors (Lipinski definition) is 1. The van der Waals surface area contributed by atoms with Gasteiger partial charge >= 0.3 is 0 Å². The number of hydrogen-bond acceptors (Lipinski definition) is 1. The molecule has 0 heterocycles. The van der Waals surface area contributed by atoms with Gasteiger partial charge in [-0.05, 0) is 62.1 Å². The van der Waals surface area contributed by atoms with E-state index in [0.29, 0.717) is 11.5 Å². The Hall–Kier alpha value is -1.38. The molecule has 2 aliphatic rings. The minimum Gasteiger partial charge on any atom is -0.349 e. The second-order valence-corrected chi connectivity index (χ2v) is 6.11. The first-order valence-corrected chi connectivity index (χ1v) is 7.20. The van der Waals surface area contributed by atoms with E-state index in [2.05, 4.69) is 12.2 Å². The van der Waals surface area contributed by atoms with Crippen molar-refractivity contribution < 1.29 is 9.18 Å². The summed E-state index contributed by atoms with van der Waals surface area (Å²) in [6.07, 6.45) is 5.27. The highest BCUT2D eigenvalue weighted by Crippen LogP contribution is 2.49. The molecule has 1 amide bonds. The predicted molar refractivity (Wildman–Crippen MR) is 72.3 cm³/mol. The third kappa shape index (κ3) is 2.51. The highest BCUT2D eigenvalue weighted by molar-refractivity contribution is 5.94. The van der Waals surface area contributed by atoms with Crippen LogP contribution in [0.15, 0.2) is 24.3 Å². The fraction of sp³-hybridized carbons (Fsp3) is 0.562. The Labute approximate surface area is 113 Å². The first kappa shape index (κ1) is 12.6. The fourth-order valence-corrected chi connectivity index (χ4v) is 3.93. The number of nitrogens with one attached hydrogen (secondary N) is 1. The lowest BCUT2D eigenvalue weighted by atomic mass is 9.84. The van der Waals surface area contributed by atoms with Gasteiger partial charge < -0.3 is 5.32 Å². The molecule has 0 radical (unpaired) electrons. The van der Waals surface area contributed by atoms with Crippen molar-refractivity contribution in [2.24, 2.45) is 17.8 Å². The van der Waals surface area contributed by atoms with Crippen LogP contribution in [-0.2, 0) is 0 Å². The highest BCUT2D eigenvalue weighted by Gasteiger charge is 2.42. The van der Waals surface area contributed by atoms with E-state index in [0.717, 1.165) is 11.8 Å². The van der Waals surface area contributed by atoms with Crippen LogP contribution < -0.4 is 5.32 Å². The van der Waals surface area contributed by atoms with Crippen LogP contribution in [0.1, 0.15) is 43.0 Å². The molecule has 1 N–H and O–H groups in total. The molecule has 0 saturated heterocycles. The molecule has 19 heavy (non-hydrogen) atoms. The molecule has 4 atom stereocenters. The SMILES string of the molecule is C[C@H](NC(=O)c1cccc(F)c1)[C@H]1C[C@@H]2CC[C@H]1C2. The average molecular weight is 261 g/mol. The molecule has 3 heteroatoms. The van der Waals surface area contributed by atoms with Gasteiger partial charge in [-0.1, -0.05) is 12.5 Å². The van der Waals surface area contributed by atoms with E-state index in [1.54, 1.807) is 12.1 Å². The summed E-state index contributed by atoms with van der Waals surface area (Å²) in [5.74, 6) is 1.75. The van der Waals surface area contributed by atoms with Crippen molar-refractivity contribution in [1.29, 1.82) is 0 Å². The van der Waals surface area contributed by atoms with Gasteiger partial charge in [0, 0.05) is 11.6 Å². The third-order valence-corrected chi connectivity index (χ3v) is 4.88. The van der Waals surface area contributed by atoms with Crippen LogP contribution in [-0.4, -0.2) is 11.9 Å². The lowest BCUT2D eigenvalue weighted by Gasteiger charge is -2.28. The van der Waals surface area contributed by atoms with Gasteiger partial charge in [-0.15, -0.1) is 0 Å². The standard InChI is InChI=1S/C16H20FNO/c1-10(15-8-11-5-6-12(15)7-11)18-16(19)13-3-2-4-14(17)9-13/h2-4,9-12,15H,5-8H2,1H3,(H,18,19)/t10-,11+,12-,15+/m0/s1. The molecule has 2 fully saturated rings. The first-order chi connectivity index (χ1) is 9.13. The second-order valence-electron chi connectivity index (χ2n) is 6.11. The van der Waals surface area contributed by atoms with Gasteiger partial charge in [-0.25, -0.2) is 4.39 Å². The molecule has 2 aliphatic carbocycles. The Morgan fingerprint density at radius 1 is 1.37 bits per heavy atom. The number of rotatable bonds is 3. The minimum absolute atomic E-state index is 0.158. The summed E-state index contributed by atoms with van der Waals surface area (Å²) in [5, 5.41) is 3.04. The molecule has 1 aromatic carbocycles. The van der Waals surface area contributed by atoms with Crippen LogP contribution >= 0.6 is 0 Å². The average Bonchev–Trinajstić information content (AvgIpc) is 3.00. The largest absolute Gasteiger partial charge is 0.349 e. The number of carbonyl (C=O) groups excluding carboxylic acids is 1. The van der Waals surface area contributed by atoms with E-state index in [4.69, 9.17) is 0 Å². The Bertz CT molecular complexity index is 487. The van der Waals surface area contributed by atoms with Crippen LogP contribution in [0.4, 0.5) is 4.39 Å². The topological polar surface area (TPSA) is 29.1 Å². The maximum Gasteiger partial charge on any atom is 0.251 e. The lowest BCUT2D eigenvalue weighted by molar-refractivity contribution is 0.0915. The summed E-state index contributed by atoms with van der Waals surface area (Å²) in [6, 6.07) is 6.07. The predicted octanol–water partition coefficient (Wildman–Crippen LogP) is 3.38. The molecule has 3 rings (SSSR count). The van der Waals surface area contributed by atoms with E-state index >= 15 is 0 Å². The maximum absolute atomic E-state index is 13.1. The molecule has 0 aliphatic heterocycles. The minimum atomic E-state index is -0.361. The normalized spacial score (nSPS) is 30.3. The van der Waals surface area contributed by atoms with E-state index in [9.17, 15) is 9.18 Å². The second kappa shape index (κ2) is 4.95. The van der Waals surface area contributed by atoms with Gasteiger partial charge in [0.1, 0.15) is 5.82 Å². The van der Waals surface area contributed by atoms with Crippen LogP contribution in [0.5, 0.6) is 0 Å². The fourth-order valence-electron chi connectivity index (χ4n) is 3.93. The molecule has 0 spiro atoms. The van der Waals surface area contributed by atoms with E-state index in [-0.39, 0.29) is 17.8 Å². The van der Waals surface area contributed by atoms with Gasteiger partial charge in [0.25, 0.3) is 5.91 Å². The van der Waals surface area contributed by atoms with Crippen molar-refractivity contribution in [3.8, 4) is 0 Å². The number of fused-ring (bicyclic) bond motifs is 2. The van der Waals surface area contributed by atoms with Gasteiger partial charge in [-0.2, -0.15) is 0 Å². The summed E-state index contributed by atoms with van der Waals surface area (Å²) in [4.78, 5) is 12.1. The number of amides is 1. The zero-order chi connectivity index (χ0) is 13.4. The van der Waals surface area contributed by atoms with Crippen LogP contribution in [0.2, 0.25) is 0 Å². The van der Waals surface area contributed by atoms with Crippen molar-refractivity contribution in [3.63, 3.8) is 0 Å². The van der Waals surface area contributed by atoms with Crippen molar-refractivity contribution in [2.75, 3.05) is 0 Å². The van der Waals surface area contributed by atoms with Gasteiger partial charge in [0.2, 0.25) is 0 Å². The van der Waals surface area contributed by atoms with E-state index in [1.807, 2.05) is 0 Å². The Morgan fingerprint density at radius 3 is 2.84 bits per heavy atom. The lowest BCUT2D eigenvalue weighted by Crippen LogP contribution is -2.40. The summed E-state index contributed by atoms with van der Waals surface area (Å²) in [6.45, 7) is 2.09. The first-order valence-electron chi connectivity index (χ1n) is 7.20. The molecular formula is C16H20FNO. The van der Waals surface area contributed by atoms with Crippen molar-refractivity contribution in [3.05, 3.63) is 35.6 Å². The van der Waals surface area contributed by atoms with Crippen LogP contribution in [0, 0.1) is 23.6 Å². The Kier molecular flexibility index (Phi) is 3.29. The molecule has 0 aromatic heterocycles. The quantitative estimate of drug-likeness (QED) is 0.888. The zero-order valence-electron chi connectivity index (χ0n) is 11.2. The summed E-state index contributed by atoms with van der Waals surface area (Å²) >= 11 is 0. The zero-order valence-corrected chi connectivity index (χ0v) is 11.2. The molecule has 2 bridgehead atoms. The molecule has 0 unspecified atom stereocenters. The maximum atomic E-state index is 13.1. The van der Waals surface area contributed by atoms with Crippen molar-refractivity contribution in [2.45, 2.75) is 38.6 Å². The monoisotopic (exact) mass is 261 g/mol. The Morgan fingerprint density at radius 2 is 2.21 bits per heavy atom. The molecule has 2 nitrogen and oxygen atoms in total. The van der Waals surface area contributed by atoms with Crippen LogP contribution in [0.3, 0.4) is 0 Å². The van der Waals surface area contributed by atoms with Crippen molar-refractivity contribution >= 4 is 5.91 Å². The van der Waals surface area contributed by atoms with E-state index in [1.165, 1.54) is 37.8 Å². The van der Waals surface area contributed by atoms with Crippen molar-refractivity contribution in [1.82, 2.24) is 5.32 Å². The van der Waals surface area contributed by atoms with Crippen LogP contribution in [0.25, 0.3) is 0 Å². The number of carbonyl (C=O) groups is 1. The summed E-state index contributed by atoms with van der Waals surface area (Å²) in [7, 11) is 0.